The second-order valence-corrected chi connectivity index (χ2v) is 5.87. The Balaban J connectivity index is 2.10. The number of carbonyl (C=O) groups excluding carboxylic acids is 1. The van der Waals surface area contributed by atoms with Gasteiger partial charge in [-0.15, -0.1) is 0 Å². The van der Waals surface area contributed by atoms with Crippen LogP contribution in [0.15, 0.2) is 24.3 Å². The maximum absolute atomic E-state index is 12.7. The highest BCUT2D eigenvalue weighted by Gasteiger charge is 2.35. The fourth-order valence-corrected chi connectivity index (χ4v) is 2.65. The van der Waals surface area contributed by atoms with Crippen LogP contribution in [0.25, 0.3) is 0 Å². The van der Waals surface area contributed by atoms with Crippen LogP contribution in [-0.4, -0.2) is 53.3 Å². The van der Waals surface area contributed by atoms with Crippen LogP contribution in [0.1, 0.15) is 20.3 Å². The lowest BCUT2D eigenvalue weighted by atomic mass is 10.1. The summed E-state index contributed by atoms with van der Waals surface area (Å²) >= 11 is 6.06. The van der Waals surface area contributed by atoms with Crippen molar-refractivity contribution in [1.29, 1.82) is 0 Å². The van der Waals surface area contributed by atoms with Gasteiger partial charge in [0.2, 0.25) is 0 Å². The third kappa shape index (κ3) is 4.36. The molecule has 6 nitrogen and oxygen atoms in total. The number of carboxylic acids is 1. The fraction of sp³-hybridized carbons (Fsp3) is 0.500. The van der Waals surface area contributed by atoms with E-state index in [-0.39, 0.29) is 18.6 Å². The van der Waals surface area contributed by atoms with Gasteiger partial charge in [0.15, 0.2) is 12.2 Å². The first-order valence-corrected chi connectivity index (χ1v) is 7.88. The molecule has 1 N–H and O–H groups in total. The minimum absolute atomic E-state index is 0.0148. The van der Waals surface area contributed by atoms with Gasteiger partial charge in [-0.1, -0.05) is 30.7 Å². The number of benzene rings is 1. The number of amides is 1. The topological polar surface area (TPSA) is 76.1 Å². The summed E-state index contributed by atoms with van der Waals surface area (Å²) in [7, 11) is 0. The Bertz CT molecular complexity index is 579. The van der Waals surface area contributed by atoms with Crippen LogP contribution in [0, 0.1) is 0 Å². The molecule has 1 amide bonds. The van der Waals surface area contributed by atoms with E-state index < -0.39 is 18.2 Å². The second-order valence-electron chi connectivity index (χ2n) is 5.46. The molecule has 0 aromatic heterocycles. The van der Waals surface area contributed by atoms with Crippen molar-refractivity contribution >= 4 is 23.5 Å². The molecule has 0 aliphatic carbocycles. The molecule has 23 heavy (non-hydrogen) atoms. The number of para-hydroxylation sites is 1. The third-order valence-corrected chi connectivity index (χ3v) is 3.91. The number of carboxylic acid groups (broad SMARTS) is 1. The van der Waals surface area contributed by atoms with E-state index in [1.807, 2.05) is 6.92 Å². The lowest BCUT2D eigenvalue weighted by Gasteiger charge is -2.36. The Morgan fingerprint density at radius 2 is 2.13 bits per heavy atom. The lowest BCUT2D eigenvalue weighted by molar-refractivity contribution is -0.168. The molecule has 2 rings (SSSR count). The zero-order chi connectivity index (χ0) is 17.0. The predicted molar refractivity (Wildman–Crippen MR) is 84.7 cm³/mol. The van der Waals surface area contributed by atoms with Gasteiger partial charge in [0.05, 0.1) is 17.7 Å². The summed E-state index contributed by atoms with van der Waals surface area (Å²) < 4.78 is 11.1. The normalized spacial score (nSPS) is 22.5. The highest BCUT2D eigenvalue weighted by Crippen LogP contribution is 2.25. The molecule has 1 aromatic carbocycles. The van der Waals surface area contributed by atoms with E-state index in [1.165, 1.54) is 4.90 Å². The van der Waals surface area contributed by atoms with Crippen molar-refractivity contribution < 1.29 is 24.2 Å². The van der Waals surface area contributed by atoms with Gasteiger partial charge in [0.25, 0.3) is 5.91 Å². The SMILES string of the molecule is CCC(Oc1ccccc1Cl)C(=O)N1CC(C(=O)O)O[C@H](C)C1. The summed E-state index contributed by atoms with van der Waals surface area (Å²) in [5.74, 6) is -0.895. The van der Waals surface area contributed by atoms with E-state index in [9.17, 15) is 9.59 Å². The van der Waals surface area contributed by atoms with Gasteiger partial charge < -0.3 is 19.5 Å². The van der Waals surface area contributed by atoms with Crippen LogP contribution in [0.5, 0.6) is 5.75 Å². The average Bonchev–Trinajstić information content (AvgIpc) is 2.53. The minimum Gasteiger partial charge on any atom is -0.479 e. The number of rotatable bonds is 5. The molecule has 1 fully saturated rings. The molecule has 1 saturated heterocycles. The van der Waals surface area contributed by atoms with Gasteiger partial charge in [-0.05, 0) is 25.5 Å². The van der Waals surface area contributed by atoms with Gasteiger partial charge in [-0.25, -0.2) is 4.79 Å². The summed E-state index contributed by atoms with van der Waals surface area (Å²) in [6.45, 7) is 3.93. The Morgan fingerprint density at radius 1 is 1.43 bits per heavy atom. The van der Waals surface area contributed by atoms with Crippen molar-refractivity contribution in [3.63, 3.8) is 0 Å². The molecule has 0 bridgehead atoms. The zero-order valence-corrected chi connectivity index (χ0v) is 13.8. The molecule has 126 valence electrons. The minimum atomic E-state index is -1.07. The predicted octanol–water partition coefficient (Wildman–Crippen LogP) is 2.20. The van der Waals surface area contributed by atoms with Crippen molar-refractivity contribution in [2.45, 2.75) is 38.6 Å². The Morgan fingerprint density at radius 3 is 2.74 bits per heavy atom. The molecule has 3 atom stereocenters. The van der Waals surface area contributed by atoms with Gasteiger partial charge >= 0.3 is 5.97 Å². The molecule has 1 aromatic rings. The first-order valence-electron chi connectivity index (χ1n) is 7.50. The summed E-state index contributed by atoms with van der Waals surface area (Å²) in [6.07, 6.45) is -1.62. The first-order chi connectivity index (χ1) is 10.9. The molecule has 0 spiro atoms. The van der Waals surface area contributed by atoms with Crippen LogP contribution in [0.2, 0.25) is 5.02 Å². The van der Waals surface area contributed by atoms with Crippen LogP contribution < -0.4 is 4.74 Å². The van der Waals surface area contributed by atoms with E-state index in [4.69, 9.17) is 26.2 Å². The zero-order valence-electron chi connectivity index (χ0n) is 13.1. The third-order valence-electron chi connectivity index (χ3n) is 3.60. The highest BCUT2D eigenvalue weighted by molar-refractivity contribution is 6.32. The Hall–Kier alpha value is -1.79. The van der Waals surface area contributed by atoms with Crippen molar-refractivity contribution in [1.82, 2.24) is 4.90 Å². The monoisotopic (exact) mass is 341 g/mol. The number of nitrogens with zero attached hydrogens (tertiary/aromatic N) is 1. The molecule has 2 unspecified atom stereocenters. The van der Waals surface area contributed by atoms with Crippen molar-refractivity contribution in [3.05, 3.63) is 29.3 Å². The Labute approximate surface area is 139 Å². The van der Waals surface area contributed by atoms with Crippen molar-refractivity contribution in [3.8, 4) is 5.75 Å². The largest absolute Gasteiger partial charge is 0.479 e. The summed E-state index contributed by atoms with van der Waals surface area (Å²) in [4.78, 5) is 25.3. The Kier molecular flexibility index (Phi) is 5.85. The number of hydrogen-bond donors (Lipinski definition) is 1. The average molecular weight is 342 g/mol. The number of hydrogen-bond acceptors (Lipinski definition) is 4. The maximum atomic E-state index is 12.7. The molecule has 0 saturated carbocycles. The van der Waals surface area contributed by atoms with Gasteiger partial charge in [-0.2, -0.15) is 0 Å². The summed E-state index contributed by atoms with van der Waals surface area (Å²) in [6, 6.07) is 6.93. The first kappa shape index (κ1) is 17.6. The second kappa shape index (κ2) is 7.66. The van der Waals surface area contributed by atoms with E-state index in [0.717, 1.165) is 0 Å². The summed E-state index contributed by atoms with van der Waals surface area (Å²) in [5, 5.41) is 9.54. The summed E-state index contributed by atoms with van der Waals surface area (Å²) in [5.41, 5.74) is 0. The standard InChI is InChI=1S/C16H20ClNO5/c1-3-12(23-13-7-5-4-6-11(13)17)15(19)18-8-10(2)22-14(9-18)16(20)21/h4-7,10,12,14H,3,8-9H2,1-2H3,(H,20,21)/t10-,12?,14?/m1/s1. The molecule has 1 aliphatic heterocycles. The number of halogens is 1. The van der Waals surface area contributed by atoms with E-state index in [0.29, 0.717) is 23.7 Å². The highest BCUT2D eigenvalue weighted by atomic mass is 35.5. The van der Waals surface area contributed by atoms with E-state index >= 15 is 0 Å². The van der Waals surface area contributed by atoms with Crippen LogP contribution in [-0.2, 0) is 14.3 Å². The van der Waals surface area contributed by atoms with Crippen LogP contribution >= 0.6 is 11.6 Å². The molecule has 1 heterocycles. The van der Waals surface area contributed by atoms with E-state index in [2.05, 4.69) is 0 Å². The lowest BCUT2D eigenvalue weighted by Crippen LogP contribution is -2.54. The molecular formula is C16H20ClNO5. The van der Waals surface area contributed by atoms with Gasteiger partial charge in [0.1, 0.15) is 5.75 Å². The molecule has 0 radical (unpaired) electrons. The molecule has 7 heteroatoms. The molecule has 1 aliphatic rings. The quantitative estimate of drug-likeness (QED) is 0.888. The number of ether oxygens (including phenoxy) is 2. The number of aliphatic carboxylic acids is 1. The smallest absolute Gasteiger partial charge is 0.334 e. The van der Waals surface area contributed by atoms with Crippen molar-refractivity contribution in [2.24, 2.45) is 0 Å². The fourth-order valence-electron chi connectivity index (χ4n) is 2.47. The van der Waals surface area contributed by atoms with Gasteiger partial charge in [-0.3, -0.25) is 4.79 Å². The molecular weight excluding hydrogens is 322 g/mol. The van der Waals surface area contributed by atoms with Gasteiger partial charge in [0, 0.05) is 6.54 Å². The van der Waals surface area contributed by atoms with Crippen LogP contribution in [0.4, 0.5) is 0 Å². The maximum Gasteiger partial charge on any atom is 0.334 e. The van der Waals surface area contributed by atoms with E-state index in [1.54, 1.807) is 31.2 Å². The number of carbonyl (C=O) groups is 2. The number of morpholine rings is 1. The van der Waals surface area contributed by atoms with Crippen molar-refractivity contribution in [2.75, 3.05) is 13.1 Å². The van der Waals surface area contributed by atoms with Crippen LogP contribution in [0.3, 0.4) is 0 Å².